The number of aliphatic imine (C=N–C) groups is 1. The largest absolute Gasteiger partial charge is 0.414 e. The van der Waals surface area contributed by atoms with Crippen molar-refractivity contribution < 1.29 is 21.6 Å². The Balaban J connectivity index is 1.86. The van der Waals surface area contributed by atoms with Crippen molar-refractivity contribution in [1.29, 1.82) is 0 Å². The lowest BCUT2D eigenvalue weighted by atomic mass is 10.3. The van der Waals surface area contributed by atoms with Gasteiger partial charge in [0.15, 0.2) is 0 Å². The average Bonchev–Trinajstić information content (AvgIpc) is 3.36. The van der Waals surface area contributed by atoms with Gasteiger partial charge in [0.2, 0.25) is 10.0 Å². The highest BCUT2D eigenvalue weighted by atomic mass is 32.2. The third-order valence-corrected chi connectivity index (χ3v) is 6.42. The summed E-state index contributed by atoms with van der Waals surface area (Å²) < 4.78 is 56.4. The van der Waals surface area contributed by atoms with Crippen molar-refractivity contribution in [3.8, 4) is 10.8 Å². The Labute approximate surface area is 169 Å². The van der Waals surface area contributed by atoms with Crippen LogP contribution < -0.4 is 4.31 Å². The fraction of sp³-hybridized carbons (Fsp3) is 0.312. The van der Waals surface area contributed by atoms with Crippen LogP contribution in [0.2, 0.25) is 0 Å². The zero-order valence-corrected chi connectivity index (χ0v) is 16.8. The Kier molecular flexibility index (Phi) is 6.27. The molecular weight excluding hydrogens is 426 g/mol. The quantitative estimate of drug-likeness (QED) is 0.468. The minimum atomic E-state index is -3.65. The first-order chi connectivity index (χ1) is 13.8. The summed E-state index contributed by atoms with van der Waals surface area (Å²) in [6.45, 7) is 5.22. The molecule has 0 aliphatic carbocycles. The van der Waals surface area contributed by atoms with E-state index >= 15 is 0 Å². The van der Waals surface area contributed by atoms with Gasteiger partial charge >= 0.3 is 6.43 Å². The molecule has 0 aromatic carbocycles. The molecule has 0 aliphatic rings. The van der Waals surface area contributed by atoms with Crippen LogP contribution in [0.25, 0.3) is 10.8 Å². The highest BCUT2D eigenvalue weighted by Crippen LogP contribution is 2.29. The Morgan fingerprint density at radius 1 is 1.28 bits per heavy atom. The molecule has 0 N–H and O–H groups in total. The summed E-state index contributed by atoms with van der Waals surface area (Å²) in [5.74, 6) is -0.796. The van der Waals surface area contributed by atoms with E-state index in [0.717, 1.165) is 21.2 Å². The molecule has 0 saturated heterocycles. The van der Waals surface area contributed by atoms with Crippen LogP contribution in [0.3, 0.4) is 0 Å². The van der Waals surface area contributed by atoms with Crippen molar-refractivity contribution in [3.63, 3.8) is 0 Å². The predicted octanol–water partition coefficient (Wildman–Crippen LogP) is 3.08. The number of nitrogens with zero attached hydrogens (tertiary/aromatic N) is 6. The molecule has 0 aliphatic heterocycles. The number of thiazole rings is 1. The number of hydrogen-bond donors (Lipinski definition) is 0. The number of halogens is 2. The monoisotopic (exact) mass is 442 g/mol. The third kappa shape index (κ3) is 4.79. The van der Waals surface area contributed by atoms with Crippen LogP contribution in [0.5, 0.6) is 0 Å². The van der Waals surface area contributed by atoms with Gasteiger partial charge in [-0.05, 0) is 25.3 Å². The highest BCUT2D eigenvalue weighted by molar-refractivity contribution is 7.92. The predicted molar refractivity (Wildman–Crippen MR) is 103 cm³/mol. The molecule has 3 heterocycles. The van der Waals surface area contributed by atoms with E-state index in [9.17, 15) is 17.2 Å². The lowest BCUT2D eigenvalue weighted by Crippen LogP contribution is -2.32. The molecule has 0 spiro atoms. The molecular formula is C16H16F2N6O3S2. The number of rotatable bonds is 9. The minimum absolute atomic E-state index is 0.0806. The molecule has 0 amide bonds. The summed E-state index contributed by atoms with van der Waals surface area (Å²) in [5.41, 5.74) is 0.792. The molecule has 9 nitrogen and oxygen atoms in total. The second-order valence-corrected chi connectivity index (χ2v) is 8.98. The molecule has 0 fully saturated rings. The first-order valence-corrected chi connectivity index (χ1v) is 10.7. The second kappa shape index (κ2) is 8.69. The zero-order valence-electron chi connectivity index (χ0n) is 15.2. The number of pyridine rings is 1. The van der Waals surface area contributed by atoms with Gasteiger partial charge in [-0.15, -0.1) is 21.5 Å². The Bertz CT molecular complexity index is 1080. The van der Waals surface area contributed by atoms with Crippen LogP contribution in [0.1, 0.15) is 29.8 Å². The van der Waals surface area contributed by atoms with Gasteiger partial charge < -0.3 is 4.42 Å². The standard InChI is InChI=1S/C16H16F2N6O3S2/c1-3-29(25,26)24(12-5-4-10(6-19-2)7-20-12)9-13-21-8-11(28-13)15-22-23-16(27-15)14(17)18/h4-5,7-8,14H,2-3,6,9H2,1H3. The molecule has 0 atom stereocenters. The molecule has 154 valence electrons. The van der Waals surface area contributed by atoms with Crippen LogP contribution in [0.15, 0.2) is 33.9 Å². The molecule has 0 radical (unpaired) electrons. The lowest BCUT2D eigenvalue weighted by Gasteiger charge is -2.21. The van der Waals surface area contributed by atoms with Gasteiger partial charge in [0.05, 0.1) is 25.0 Å². The van der Waals surface area contributed by atoms with E-state index in [1.807, 2.05) is 0 Å². The van der Waals surface area contributed by atoms with Gasteiger partial charge in [0.1, 0.15) is 15.7 Å². The van der Waals surface area contributed by atoms with Crippen molar-refractivity contribution in [2.75, 3.05) is 10.1 Å². The summed E-state index contributed by atoms with van der Waals surface area (Å²) in [6, 6.07) is 3.29. The van der Waals surface area contributed by atoms with Gasteiger partial charge in [0.25, 0.3) is 11.8 Å². The SMILES string of the molecule is C=NCc1ccc(N(Cc2ncc(-c3nnc(C(F)F)o3)s2)S(=O)(=O)CC)nc1. The van der Waals surface area contributed by atoms with Crippen molar-refractivity contribution in [3.05, 3.63) is 41.0 Å². The molecule has 13 heteroatoms. The Morgan fingerprint density at radius 3 is 2.66 bits per heavy atom. The number of anilines is 1. The average molecular weight is 442 g/mol. The van der Waals surface area contributed by atoms with Crippen LogP contribution >= 0.6 is 11.3 Å². The molecule has 3 rings (SSSR count). The minimum Gasteiger partial charge on any atom is -0.414 e. The van der Waals surface area contributed by atoms with Gasteiger partial charge in [-0.25, -0.2) is 22.7 Å². The lowest BCUT2D eigenvalue weighted by molar-refractivity contribution is 0.116. The number of alkyl halides is 2. The van der Waals surface area contributed by atoms with E-state index < -0.39 is 22.3 Å². The summed E-state index contributed by atoms with van der Waals surface area (Å²) in [5, 5.41) is 7.25. The normalized spacial score (nSPS) is 11.7. The van der Waals surface area contributed by atoms with Gasteiger partial charge in [0, 0.05) is 6.20 Å². The smallest absolute Gasteiger partial charge is 0.314 e. The van der Waals surface area contributed by atoms with Gasteiger partial charge in [-0.3, -0.25) is 4.99 Å². The fourth-order valence-electron chi connectivity index (χ4n) is 2.29. The van der Waals surface area contributed by atoms with E-state index in [2.05, 4.69) is 31.9 Å². The van der Waals surface area contributed by atoms with Crippen LogP contribution in [-0.4, -0.2) is 41.1 Å². The first-order valence-electron chi connectivity index (χ1n) is 8.28. The molecule has 0 unspecified atom stereocenters. The second-order valence-electron chi connectivity index (χ2n) is 5.68. The van der Waals surface area contributed by atoms with E-state index in [0.29, 0.717) is 16.4 Å². The summed E-state index contributed by atoms with van der Waals surface area (Å²) >= 11 is 1.06. The van der Waals surface area contributed by atoms with Crippen LogP contribution in [0, 0.1) is 0 Å². The number of aromatic nitrogens is 4. The van der Waals surface area contributed by atoms with Crippen LogP contribution in [0.4, 0.5) is 14.6 Å². The van der Waals surface area contributed by atoms with Gasteiger partial charge in [-0.2, -0.15) is 8.78 Å². The highest BCUT2D eigenvalue weighted by Gasteiger charge is 2.24. The van der Waals surface area contributed by atoms with Crippen molar-refractivity contribution in [2.45, 2.75) is 26.4 Å². The summed E-state index contributed by atoms with van der Waals surface area (Å²) in [4.78, 5) is 12.5. The Hall–Kier alpha value is -2.80. The Morgan fingerprint density at radius 2 is 2.07 bits per heavy atom. The van der Waals surface area contributed by atoms with E-state index in [1.165, 1.54) is 19.3 Å². The maximum Gasteiger partial charge on any atom is 0.314 e. The van der Waals surface area contributed by atoms with Gasteiger partial charge in [-0.1, -0.05) is 6.07 Å². The molecule has 3 aromatic rings. The summed E-state index contributed by atoms with van der Waals surface area (Å²) in [6.07, 6.45) is 0.0186. The molecule has 29 heavy (non-hydrogen) atoms. The molecule has 0 saturated carbocycles. The number of sulfonamides is 1. The van der Waals surface area contributed by atoms with Crippen molar-refractivity contribution in [2.24, 2.45) is 4.99 Å². The molecule has 3 aromatic heterocycles. The molecule has 0 bridgehead atoms. The topological polar surface area (TPSA) is 114 Å². The third-order valence-electron chi connectivity index (χ3n) is 3.73. The maximum absolute atomic E-state index is 12.6. The fourth-order valence-corrected chi connectivity index (χ4v) is 4.23. The van der Waals surface area contributed by atoms with Crippen molar-refractivity contribution >= 4 is 33.9 Å². The first kappa shape index (κ1) is 20.9. The summed E-state index contributed by atoms with van der Waals surface area (Å²) in [7, 11) is -3.65. The van der Waals surface area contributed by atoms with E-state index in [1.54, 1.807) is 12.1 Å². The van der Waals surface area contributed by atoms with Crippen LogP contribution in [-0.2, 0) is 23.1 Å². The zero-order chi connectivity index (χ0) is 21.0. The van der Waals surface area contributed by atoms with E-state index in [-0.39, 0.29) is 24.0 Å². The number of hydrogen-bond acceptors (Lipinski definition) is 9. The van der Waals surface area contributed by atoms with Crippen molar-refractivity contribution in [1.82, 2.24) is 20.2 Å². The maximum atomic E-state index is 12.6. The van der Waals surface area contributed by atoms with E-state index in [4.69, 9.17) is 4.42 Å².